The average Bonchev–Trinajstić information content (AvgIpc) is 2.32. The van der Waals surface area contributed by atoms with Gasteiger partial charge in [0.2, 0.25) is 10.0 Å². The molecule has 1 aliphatic carbocycles. The first-order chi connectivity index (χ1) is 8.63. The Morgan fingerprint density at radius 2 is 2.00 bits per heavy atom. The van der Waals surface area contributed by atoms with Crippen molar-refractivity contribution in [3.05, 3.63) is 24.3 Å². The summed E-state index contributed by atoms with van der Waals surface area (Å²) in [6, 6.07) is 6.94. The highest BCUT2D eigenvalue weighted by Gasteiger charge is 2.20. The third-order valence-electron chi connectivity index (χ3n) is 3.52. The van der Waals surface area contributed by atoms with E-state index in [2.05, 4.69) is 10.0 Å². The molecule has 18 heavy (non-hydrogen) atoms. The molecule has 5 heteroatoms. The molecule has 0 aromatic heterocycles. The van der Waals surface area contributed by atoms with Crippen LogP contribution in [0, 0.1) is 5.92 Å². The quantitative estimate of drug-likeness (QED) is 0.831. The fraction of sp³-hybridized carbons (Fsp3) is 0.538. The van der Waals surface area contributed by atoms with Crippen LogP contribution in [0.4, 0.5) is 5.69 Å². The third-order valence-corrected chi connectivity index (χ3v) is 5.03. The number of hydrogen-bond donors (Lipinski definition) is 2. The van der Waals surface area contributed by atoms with Crippen molar-refractivity contribution in [2.45, 2.75) is 30.6 Å². The topological polar surface area (TPSA) is 58.2 Å². The molecule has 0 spiro atoms. The summed E-state index contributed by atoms with van der Waals surface area (Å²) in [6.45, 7) is 0.533. The molecule has 0 saturated heterocycles. The molecule has 1 aliphatic rings. The molecular formula is C13H20N2O2S. The fourth-order valence-corrected chi connectivity index (χ4v) is 3.42. The van der Waals surface area contributed by atoms with Gasteiger partial charge in [-0.1, -0.05) is 31.4 Å². The highest BCUT2D eigenvalue weighted by Crippen LogP contribution is 2.29. The number of para-hydroxylation sites is 1. The minimum absolute atomic E-state index is 0.320. The van der Waals surface area contributed by atoms with E-state index in [4.69, 9.17) is 0 Å². The molecule has 2 N–H and O–H groups in total. The van der Waals surface area contributed by atoms with Crippen molar-refractivity contribution in [2.75, 3.05) is 18.9 Å². The number of benzene rings is 1. The van der Waals surface area contributed by atoms with Crippen LogP contribution in [-0.2, 0) is 10.0 Å². The van der Waals surface area contributed by atoms with Crippen molar-refractivity contribution >= 4 is 15.7 Å². The molecule has 4 nitrogen and oxygen atoms in total. The van der Waals surface area contributed by atoms with E-state index < -0.39 is 10.0 Å². The van der Waals surface area contributed by atoms with Gasteiger partial charge in [-0.25, -0.2) is 13.1 Å². The van der Waals surface area contributed by atoms with Crippen LogP contribution < -0.4 is 10.0 Å². The van der Waals surface area contributed by atoms with Gasteiger partial charge in [-0.3, -0.25) is 0 Å². The number of rotatable bonds is 6. The summed E-state index contributed by atoms with van der Waals surface area (Å²) in [4.78, 5) is 0.320. The molecule has 1 aromatic rings. The molecule has 0 aliphatic heterocycles. The Labute approximate surface area is 109 Å². The molecule has 0 amide bonds. The van der Waals surface area contributed by atoms with Crippen LogP contribution in [-0.4, -0.2) is 22.0 Å². The second-order valence-electron chi connectivity index (χ2n) is 4.73. The van der Waals surface area contributed by atoms with Crippen molar-refractivity contribution in [2.24, 2.45) is 5.92 Å². The van der Waals surface area contributed by atoms with Crippen LogP contribution in [0.3, 0.4) is 0 Å². The lowest BCUT2D eigenvalue weighted by atomic mass is 9.83. The van der Waals surface area contributed by atoms with Gasteiger partial charge in [0.15, 0.2) is 0 Å². The largest absolute Gasteiger partial charge is 0.387 e. The summed E-state index contributed by atoms with van der Waals surface area (Å²) in [7, 11) is -1.67. The summed E-state index contributed by atoms with van der Waals surface area (Å²) >= 11 is 0. The monoisotopic (exact) mass is 268 g/mol. The Morgan fingerprint density at radius 3 is 2.61 bits per heavy atom. The molecule has 0 atom stereocenters. The lowest BCUT2D eigenvalue weighted by Gasteiger charge is -2.25. The van der Waals surface area contributed by atoms with Crippen molar-refractivity contribution in [1.29, 1.82) is 0 Å². The van der Waals surface area contributed by atoms with Crippen LogP contribution in [0.5, 0.6) is 0 Å². The van der Waals surface area contributed by atoms with Gasteiger partial charge in [-0.15, -0.1) is 0 Å². The molecule has 0 bridgehead atoms. The Balaban J connectivity index is 2.00. The maximum Gasteiger partial charge on any atom is 0.242 e. The Morgan fingerprint density at radius 1 is 1.28 bits per heavy atom. The van der Waals surface area contributed by atoms with Gasteiger partial charge in [0.1, 0.15) is 4.90 Å². The second-order valence-corrected chi connectivity index (χ2v) is 6.46. The molecule has 100 valence electrons. The highest BCUT2D eigenvalue weighted by molar-refractivity contribution is 7.89. The molecule has 1 saturated carbocycles. The minimum Gasteiger partial charge on any atom is -0.387 e. The molecule has 2 rings (SSSR count). The zero-order valence-corrected chi connectivity index (χ0v) is 11.5. The first-order valence-electron chi connectivity index (χ1n) is 6.40. The SMILES string of the molecule is CNc1ccccc1S(=O)(=O)NCCC1CCC1. The fourth-order valence-electron chi connectivity index (χ4n) is 2.16. The lowest BCUT2D eigenvalue weighted by molar-refractivity contribution is 0.297. The Bertz CT molecular complexity index is 495. The van der Waals surface area contributed by atoms with E-state index >= 15 is 0 Å². The van der Waals surface area contributed by atoms with Crippen LogP contribution >= 0.6 is 0 Å². The first kappa shape index (κ1) is 13.4. The predicted molar refractivity (Wildman–Crippen MR) is 73.1 cm³/mol. The third kappa shape index (κ3) is 3.03. The van der Waals surface area contributed by atoms with Crippen molar-refractivity contribution in [3.63, 3.8) is 0 Å². The standard InChI is InChI=1S/C13H20N2O2S/c1-14-12-7-2-3-8-13(12)18(16,17)15-10-9-11-5-4-6-11/h2-3,7-8,11,14-15H,4-6,9-10H2,1H3. The Hall–Kier alpha value is -1.07. The molecular weight excluding hydrogens is 248 g/mol. The molecule has 1 fully saturated rings. The first-order valence-corrected chi connectivity index (χ1v) is 7.88. The van der Waals surface area contributed by atoms with Gasteiger partial charge in [-0.05, 0) is 24.5 Å². The van der Waals surface area contributed by atoms with E-state index in [0.717, 1.165) is 6.42 Å². The molecule has 0 heterocycles. The summed E-state index contributed by atoms with van der Waals surface area (Å²) in [5.74, 6) is 0.715. The second kappa shape index (κ2) is 5.71. The zero-order valence-electron chi connectivity index (χ0n) is 10.6. The predicted octanol–water partition coefficient (Wildman–Crippen LogP) is 2.20. The number of sulfonamides is 1. The van der Waals surface area contributed by atoms with E-state index in [1.54, 1.807) is 25.2 Å². The van der Waals surface area contributed by atoms with Crippen LogP contribution in [0.25, 0.3) is 0 Å². The van der Waals surface area contributed by atoms with Gasteiger partial charge in [0.25, 0.3) is 0 Å². The molecule has 0 unspecified atom stereocenters. The van der Waals surface area contributed by atoms with E-state index in [1.165, 1.54) is 19.3 Å². The lowest BCUT2D eigenvalue weighted by Crippen LogP contribution is -2.28. The summed E-state index contributed by atoms with van der Waals surface area (Å²) < 4.78 is 27.0. The summed E-state index contributed by atoms with van der Waals surface area (Å²) in [5, 5.41) is 2.90. The van der Waals surface area contributed by atoms with E-state index in [0.29, 0.717) is 23.0 Å². The van der Waals surface area contributed by atoms with E-state index in [-0.39, 0.29) is 0 Å². The van der Waals surface area contributed by atoms with E-state index in [9.17, 15) is 8.42 Å². The number of hydrogen-bond acceptors (Lipinski definition) is 3. The van der Waals surface area contributed by atoms with Crippen LogP contribution in [0.15, 0.2) is 29.2 Å². The van der Waals surface area contributed by atoms with Gasteiger partial charge in [0, 0.05) is 13.6 Å². The summed E-state index contributed by atoms with van der Waals surface area (Å²) in [6.07, 6.45) is 4.73. The van der Waals surface area contributed by atoms with Crippen molar-refractivity contribution in [1.82, 2.24) is 4.72 Å². The maximum absolute atomic E-state index is 12.1. The van der Waals surface area contributed by atoms with E-state index in [1.807, 2.05) is 6.07 Å². The van der Waals surface area contributed by atoms with Gasteiger partial charge in [0.05, 0.1) is 5.69 Å². The molecule has 1 aromatic carbocycles. The normalized spacial score (nSPS) is 16.3. The smallest absolute Gasteiger partial charge is 0.242 e. The molecule has 0 radical (unpaired) electrons. The average molecular weight is 268 g/mol. The van der Waals surface area contributed by atoms with Crippen molar-refractivity contribution in [3.8, 4) is 0 Å². The maximum atomic E-state index is 12.1. The van der Waals surface area contributed by atoms with Gasteiger partial charge >= 0.3 is 0 Å². The van der Waals surface area contributed by atoms with Crippen molar-refractivity contribution < 1.29 is 8.42 Å². The number of anilines is 1. The Kier molecular flexibility index (Phi) is 4.24. The number of nitrogens with one attached hydrogen (secondary N) is 2. The zero-order chi connectivity index (χ0) is 13.0. The van der Waals surface area contributed by atoms with Gasteiger partial charge < -0.3 is 5.32 Å². The van der Waals surface area contributed by atoms with Crippen LogP contribution in [0.2, 0.25) is 0 Å². The minimum atomic E-state index is -3.40. The van der Waals surface area contributed by atoms with Gasteiger partial charge in [-0.2, -0.15) is 0 Å². The highest BCUT2D eigenvalue weighted by atomic mass is 32.2. The summed E-state index contributed by atoms with van der Waals surface area (Å²) in [5.41, 5.74) is 0.633. The van der Waals surface area contributed by atoms with Crippen LogP contribution in [0.1, 0.15) is 25.7 Å².